The zero-order chi connectivity index (χ0) is 15.2. The Morgan fingerprint density at radius 1 is 1.38 bits per heavy atom. The molecule has 1 heterocycles. The van der Waals surface area contributed by atoms with E-state index in [9.17, 15) is 15.0 Å². The highest BCUT2D eigenvalue weighted by molar-refractivity contribution is 8.00. The van der Waals surface area contributed by atoms with Crippen molar-refractivity contribution < 1.29 is 4.92 Å². The van der Waals surface area contributed by atoms with Gasteiger partial charge in [-0.3, -0.25) is 15.5 Å². The van der Waals surface area contributed by atoms with Crippen molar-refractivity contribution in [2.45, 2.75) is 4.21 Å². The minimum Gasteiger partial charge on any atom is -0.276 e. The summed E-state index contributed by atoms with van der Waals surface area (Å²) in [6, 6.07) is 7.69. The molecule has 0 saturated carbocycles. The molecule has 0 bridgehead atoms. The largest absolute Gasteiger partial charge is 0.276 e. The maximum Gasteiger partial charge on any atom is 0.271 e. The standard InChI is InChI=1S/C12H10N4O3S2/c1-20-12-5-3-9(21-12)7-13-14-10-4-2-8(16(18)19)6-11(10)15-17/h2-7,14H,1H3/b13-7+. The number of nitrogens with zero attached hydrogens (tertiary/aromatic N) is 3. The number of nitrogens with one attached hydrogen (secondary N) is 1. The number of hydrazone groups is 1. The van der Waals surface area contributed by atoms with Crippen LogP contribution in [-0.4, -0.2) is 17.4 Å². The van der Waals surface area contributed by atoms with Crippen molar-refractivity contribution in [1.82, 2.24) is 0 Å². The molecule has 0 saturated heterocycles. The van der Waals surface area contributed by atoms with Gasteiger partial charge in [0.2, 0.25) is 0 Å². The zero-order valence-electron chi connectivity index (χ0n) is 10.8. The molecule has 7 nitrogen and oxygen atoms in total. The summed E-state index contributed by atoms with van der Waals surface area (Å²) in [7, 11) is 0. The number of thioether (sulfide) groups is 1. The molecule has 2 rings (SSSR count). The maximum absolute atomic E-state index is 10.7. The molecule has 9 heteroatoms. The summed E-state index contributed by atoms with van der Waals surface area (Å²) in [5, 5.41) is 17.4. The molecule has 0 spiro atoms. The predicted octanol–water partition coefficient (Wildman–Crippen LogP) is 4.22. The fourth-order valence-corrected chi connectivity index (χ4v) is 2.92. The van der Waals surface area contributed by atoms with Crippen molar-refractivity contribution in [2.75, 3.05) is 11.7 Å². The van der Waals surface area contributed by atoms with E-state index in [4.69, 9.17) is 0 Å². The topological polar surface area (TPSA) is 97.0 Å². The number of nitro benzene ring substituents is 1. The van der Waals surface area contributed by atoms with Crippen LogP contribution in [0.15, 0.2) is 44.8 Å². The fourth-order valence-electron chi connectivity index (χ4n) is 1.48. The molecule has 21 heavy (non-hydrogen) atoms. The van der Waals surface area contributed by atoms with Gasteiger partial charge in [0.25, 0.3) is 5.69 Å². The van der Waals surface area contributed by atoms with E-state index >= 15 is 0 Å². The Hall–Kier alpha value is -2.26. The lowest BCUT2D eigenvalue weighted by atomic mass is 10.2. The molecule has 0 aliphatic rings. The third-order valence-corrected chi connectivity index (χ3v) is 4.57. The van der Waals surface area contributed by atoms with Crippen LogP contribution in [0, 0.1) is 15.0 Å². The van der Waals surface area contributed by atoms with Gasteiger partial charge in [-0.25, -0.2) is 0 Å². The van der Waals surface area contributed by atoms with Crippen LogP contribution in [0.25, 0.3) is 0 Å². The molecular weight excluding hydrogens is 312 g/mol. The Labute approximate surface area is 128 Å². The predicted molar refractivity (Wildman–Crippen MR) is 85.9 cm³/mol. The van der Waals surface area contributed by atoms with E-state index in [2.05, 4.69) is 15.7 Å². The average molecular weight is 322 g/mol. The van der Waals surface area contributed by atoms with Crippen LogP contribution in [0.4, 0.5) is 17.1 Å². The summed E-state index contributed by atoms with van der Waals surface area (Å²) in [5.41, 5.74) is 2.72. The van der Waals surface area contributed by atoms with Crippen LogP contribution >= 0.6 is 23.1 Å². The summed E-state index contributed by atoms with van der Waals surface area (Å²) >= 11 is 3.23. The van der Waals surface area contributed by atoms with Gasteiger partial charge in [0.05, 0.1) is 21.0 Å². The SMILES string of the molecule is CSc1ccc(/C=N/Nc2ccc([N+](=O)[O-])cc2N=O)s1. The number of nitro groups is 1. The van der Waals surface area contributed by atoms with Gasteiger partial charge in [-0.2, -0.15) is 5.10 Å². The van der Waals surface area contributed by atoms with Gasteiger partial charge in [0.15, 0.2) is 0 Å². The molecule has 1 N–H and O–H groups in total. The van der Waals surface area contributed by atoms with Crippen molar-refractivity contribution in [3.05, 3.63) is 50.2 Å². The van der Waals surface area contributed by atoms with Crippen LogP contribution < -0.4 is 5.43 Å². The van der Waals surface area contributed by atoms with Crippen molar-refractivity contribution in [2.24, 2.45) is 10.3 Å². The second-order valence-electron chi connectivity index (χ2n) is 3.78. The maximum atomic E-state index is 10.7. The average Bonchev–Trinajstić information content (AvgIpc) is 2.95. The first-order valence-corrected chi connectivity index (χ1v) is 7.73. The van der Waals surface area contributed by atoms with Crippen LogP contribution in [0.1, 0.15) is 4.88 Å². The fraction of sp³-hybridized carbons (Fsp3) is 0.0833. The number of benzene rings is 1. The Bertz CT molecular complexity index is 700. The van der Waals surface area contributed by atoms with Gasteiger partial charge in [-0.15, -0.1) is 28.0 Å². The minimum atomic E-state index is -0.586. The Morgan fingerprint density at radius 3 is 2.81 bits per heavy atom. The van der Waals surface area contributed by atoms with Gasteiger partial charge in [0, 0.05) is 17.0 Å². The van der Waals surface area contributed by atoms with Gasteiger partial charge < -0.3 is 0 Å². The van der Waals surface area contributed by atoms with E-state index < -0.39 is 4.92 Å². The van der Waals surface area contributed by atoms with Crippen LogP contribution in [0.3, 0.4) is 0 Å². The van der Waals surface area contributed by atoms with E-state index in [1.165, 1.54) is 16.3 Å². The highest BCUT2D eigenvalue weighted by Gasteiger charge is 2.10. The van der Waals surface area contributed by atoms with Crippen molar-refractivity contribution >= 4 is 46.4 Å². The second-order valence-corrected chi connectivity index (χ2v) is 6.00. The number of hydrogen-bond donors (Lipinski definition) is 1. The Balaban J connectivity index is 2.12. The Morgan fingerprint density at radius 2 is 2.19 bits per heavy atom. The minimum absolute atomic E-state index is 0.0580. The molecular formula is C12H10N4O3S2. The molecule has 0 unspecified atom stereocenters. The lowest BCUT2D eigenvalue weighted by molar-refractivity contribution is -0.384. The number of anilines is 1. The molecule has 2 aromatic rings. The van der Waals surface area contributed by atoms with E-state index in [-0.39, 0.29) is 11.4 Å². The molecule has 0 atom stereocenters. The number of nitroso groups, excluding NO2 is 1. The zero-order valence-corrected chi connectivity index (χ0v) is 12.5. The van der Waals surface area contributed by atoms with Crippen molar-refractivity contribution in [3.8, 4) is 0 Å². The van der Waals surface area contributed by atoms with E-state index in [1.807, 2.05) is 18.4 Å². The Kier molecular flexibility index (Phi) is 5.01. The smallest absolute Gasteiger partial charge is 0.271 e. The summed E-state index contributed by atoms with van der Waals surface area (Å²) < 4.78 is 1.17. The molecule has 0 aliphatic carbocycles. The summed E-state index contributed by atoms with van der Waals surface area (Å²) in [4.78, 5) is 21.7. The normalized spacial score (nSPS) is 10.7. The molecule has 0 fully saturated rings. The molecule has 0 radical (unpaired) electrons. The summed E-state index contributed by atoms with van der Waals surface area (Å²) in [6.07, 6.45) is 3.60. The van der Waals surface area contributed by atoms with E-state index in [0.717, 1.165) is 10.9 Å². The van der Waals surface area contributed by atoms with Gasteiger partial charge in [0.1, 0.15) is 5.69 Å². The van der Waals surface area contributed by atoms with Crippen LogP contribution in [0.2, 0.25) is 0 Å². The lowest BCUT2D eigenvalue weighted by Gasteiger charge is -2.01. The monoisotopic (exact) mass is 322 g/mol. The van der Waals surface area contributed by atoms with Gasteiger partial charge in [-0.05, 0) is 29.6 Å². The van der Waals surface area contributed by atoms with E-state index in [0.29, 0.717) is 5.69 Å². The summed E-state index contributed by atoms with van der Waals surface area (Å²) in [6.45, 7) is 0. The molecule has 1 aromatic carbocycles. The molecule has 1 aromatic heterocycles. The number of non-ortho nitro benzene ring substituents is 1. The lowest BCUT2D eigenvalue weighted by Crippen LogP contribution is -1.92. The van der Waals surface area contributed by atoms with Crippen molar-refractivity contribution in [1.29, 1.82) is 0 Å². The van der Waals surface area contributed by atoms with Gasteiger partial charge >= 0.3 is 0 Å². The second kappa shape index (κ2) is 6.95. The van der Waals surface area contributed by atoms with Crippen LogP contribution in [-0.2, 0) is 0 Å². The third kappa shape index (κ3) is 3.86. The number of rotatable bonds is 6. The number of thiophene rings is 1. The third-order valence-electron chi connectivity index (χ3n) is 2.47. The molecule has 0 amide bonds. The number of hydrogen-bond acceptors (Lipinski definition) is 8. The first-order valence-electron chi connectivity index (χ1n) is 5.68. The first kappa shape index (κ1) is 15.1. The molecule has 108 valence electrons. The van der Waals surface area contributed by atoms with E-state index in [1.54, 1.807) is 29.3 Å². The van der Waals surface area contributed by atoms with Gasteiger partial charge in [-0.1, -0.05) is 0 Å². The molecule has 0 aliphatic heterocycles. The highest BCUT2D eigenvalue weighted by Crippen LogP contribution is 2.29. The van der Waals surface area contributed by atoms with Crippen LogP contribution in [0.5, 0.6) is 0 Å². The highest BCUT2D eigenvalue weighted by atomic mass is 32.2. The first-order chi connectivity index (χ1) is 10.1. The van der Waals surface area contributed by atoms with Crippen molar-refractivity contribution in [3.63, 3.8) is 0 Å². The summed E-state index contributed by atoms with van der Waals surface area (Å²) in [5.74, 6) is 0. The quantitative estimate of drug-likeness (QED) is 0.282.